The molecule has 0 radical (unpaired) electrons. The lowest BCUT2D eigenvalue weighted by molar-refractivity contribution is -0.126. The van der Waals surface area contributed by atoms with Gasteiger partial charge in [-0.1, -0.05) is 59.6 Å². The SMILES string of the molecule is O=C(NCCc1ccccc1)[C@@H]1CCCN(S(=O)(=O)Cc2ccc(Cl)cc2Cl)C1. The van der Waals surface area contributed by atoms with E-state index < -0.39 is 10.0 Å². The van der Waals surface area contributed by atoms with Gasteiger partial charge in [-0.2, -0.15) is 0 Å². The number of amides is 1. The third kappa shape index (κ3) is 6.19. The minimum atomic E-state index is -3.58. The van der Waals surface area contributed by atoms with Gasteiger partial charge in [-0.05, 0) is 42.5 Å². The van der Waals surface area contributed by atoms with Gasteiger partial charge in [-0.3, -0.25) is 4.79 Å². The maximum atomic E-state index is 12.9. The molecule has 3 rings (SSSR count). The van der Waals surface area contributed by atoms with Crippen molar-refractivity contribution in [1.29, 1.82) is 0 Å². The minimum absolute atomic E-state index is 0.0923. The maximum Gasteiger partial charge on any atom is 0.224 e. The first kappa shape index (κ1) is 22.1. The molecule has 1 saturated heterocycles. The van der Waals surface area contributed by atoms with Gasteiger partial charge >= 0.3 is 0 Å². The lowest BCUT2D eigenvalue weighted by Crippen LogP contribution is -2.46. The fraction of sp³-hybridized carbons (Fsp3) is 0.381. The number of rotatable bonds is 7. The smallest absolute Gasteiger partial charge is 0.224 e. The quantitative estimate of drug-likeness (QED) is 0.689. The maximum absolute atomic E-state index is 12.9. The second kappa shape index (κ2) is 9.94. The molecular formula is C21H24Cl2N2O3S. The van der Waals surface area contributed by atoms with Gasteiger partial charge < -0.3 is 5.32 Å². The van der Waals surface area contributed by atoms with Gasteiger partial charge in [0.05, 0.1) is 11.7 Å². The molecule has 1 aliphatic heterocycles. The highest BCUT2D eigenvalue weighted by molar-refractivity contribution is 7.88. The number of piperidine rings is 1. The molecule has 1 N–H and O–H groups in total. The molecule has 0 saturated carbocycles. The van der Waals surface area contributed by atoms with Gasteiger partial charge in [0.15, 0.2) is 0 Å². The van der Waals surface area contributed by atoms with E-state index in [4.69, 9.17) is 23.2 Å². The molecule has 0 aliphatic carbocycles. The first-order valence-corrected chi connectivity index (χ1v) is 11.9. The molecule has 2 aromatic carbocycles. The van der Waals surface area contributed by atoms with Crippen molar-refractivity contribution in [3.8, 4) is 0 Å². The van der Waals surface area contributed by atoms with E-state index in [2.05, 4.69) is 5.32 Å². The highest BCUT2D eigenvalue weighted by Gasteiger charge is 2.32. The van der Waals surface area contributed by atoms with E-state index >= 15 is 0 Å². The first-order valence-electron chi connectivity index (χ1n) is 9.58. The van der Waals surface area contributed by atoms with E-state index in [1.807, 2.05) is 30.3 Å². The molecule has 1 amide bonds. The normalized spacial score (nSPS) is 17.8. The fourth-order valence-electron chi connectivity index (χ4n) is 3.45. The van der Waals surface area contributed by atoms with Crippen LogP contribution in [0.4, 0.5) is 0 Å². The van der Waals surface area contributed by atoms with Crippen LogP contribution in [0, 0.1) is 5.92 Å². The van der Waals surface area contributed by atoms with Crippen LogP contribution in [0.5, 0.6) is 0 Å². The van der Waals surface area contributed by atoms with Gasteiger partial charge in [-0.25, -0.2) is 12.7 Å². The second-order valence-electron chi connectivity index (χ2n) is 7.22. The summed E-state index contributed by atoms with van der Waals surface area (Å²) in [6.07, 6.45) is 2.09. The highest BCUT2D eigenvalue weighted by Crippen LogP contribution is 2.26. The van der Waals surface area contributed by atoms with Crippen LogP contribution < -0.4 is 5.32 Å². The third-order valence-corrected chi connectivity index (χ3v) is 7.44. The number of nitrogens with one attached hydrogen (secondary N) is 1. The number of hydrogen-bond acceptors (Lipinski definition) is 3. The standard InChI is InChI=1S/C21H24Cl2N2O3S/c22-19-9-8-18(20(23)13-19)15-29(27,28)25-12-4-7-17(14-25)21(26)24-11-10-16-5-2-1-3-6-16/h1-3,5-6,8-9,13,17H,4,7,10-12,14-15H2,(H,24,26)/t17-/m1/s1. The molecule has 1 aliphatic rings. The van der Waals surface area contributed by atoms with Crippen molar-refractivity contribution in [1.82, 2.24) is 9.62 Å². The molecule has 0 unspecified atom stereocenters. The zero-order valence-corrected chi connectivity index (χ0v) is 18.3. The average molecular weight is 455 g/mol. The van der Waals surface area contributed by atoms with Crippen molar-refractivity contribution >= 4 is 39.1 Å². The van der Waals surface area contributed by atoms with Crippen molar-refractivity contribution in [3.63, 3.8) is 0 Å². The van der Waals surface area contributed by atoms with Gasteiger partial charge in [0.2, 0.25) is 15.9 Å². The van der Waals surface area contributed by atoms with Crippen LogP contribution in [0.3, 0.4) is 0 Å². The summed E-state index contributed by atoms with van der Waals surface area (Å²) in [4.78, 5) is 12.5. The number of sulfonamides is 1. The average Bonchev–Trinajstić information content (AvgIpc) is 2.71. The number of halogens is 2. The van der Waals surface area contributed by atoms with Crippen LogP contribution in [-0.4, -0.2) is 38.3 Å². The van der Waals surface area contributed by atoms with E-state index in [1.54, 1.807) is 12.1 Å². The molecule has 0 spiro atoms. The van der Waals surface area contributed by atoms with E-state index in [9.17, 15) is 13.2 Å². The Kier molecular flexibility index (Phi) is 7.57. The second-order valence-corrected chi connectivity index (χ2v) is 10.0. The number of nitrogens with zero attached hydrogens (tertiary/aromatic N) is 1. The summed E-state index contributed by atoms with van der Waals surface area (Å²) in [5.74, 6) is -0.633. The summed E-state index contributed by atoms with van der Waals surface area (Å²) in [5.41, 5.74) is 1.66. The highest BCUT2D eigenvalue weighted by atomic mass is 35.5. The Labute approximate surface area is 182 Å². The lowest BCUT2D eigenvalue weighted by atomic mass is 9.99. The molecule has 0 aromatic heterocycles. The van der Waals surface area contributed by atoms with Crippen LogP contribution in [0.1, 0.15) is 24.0 Å². The Bertz CT molecular complexity index is 952. The summed E-state index contributed by atoms with van der Waals surface area (Å²) in [6.45, 7) is 1.15. The van der Waals surface area contributed by atoms with Crippen molar-refractivity contribution in [2.75, 3.05) is 19.6 Å². The lowest BCUT2D eigenvalue weighted by Gasteiger charge is -2.31. The van der Waals surface area contributed by atoms with E-state index in [0.29, 0.717) is 41.5 Å². The minimum Gasteiger partial charge on any atom is -0.355 e. The summed E-state index contributed by atoms with van der Waals surface area (Å²) in [5, 5.41) is 3.73. The monoisotopic (exact) mass is 454 g/mol. The van der Waals surface area contributed by atoms with Gasteiger partial charge in [0, 0.05) is 29.7 Å². The molecule has 2 aromatic rings. The zero-order valence-electron chi connectivity index (χ0n) is 16.0. The van der Waals surface area contributed by atoms with Crippen LogP contribution in [-0.2, 0) is 27.0 Å². The molecule has 1 heterocycles. The first-order chi connectivity index (χ1) is 13.8. The number of carbonyl (C=O) groups excluding carboxylic acids is 1. The topological polar surface area (TPSA) is 66.5 Å². The molecule has 5 nitrogen and oxygen atoms in total. The zero-order chi connectivity index (χ0) is 20.9. The largest absolute Gasteiger partial charge is 0.355 e. The molecule has 1 atom stereocenters. The molecule has 0 bridgehead atoms. The van der Waals surface area contributed by atoms with Gasteiger partial charge in [0.25, 0.3) is 0 Å². The summed E-state index contributed by atoms with van der Waals surface area (Å²) >= 11 is 12.0. The molecule has 8 heteroatoms. The van der Waals surface area contributed by atoms with E-state index in [0.717, 1.165) is 12.0 Å². The third-order valence-electron chi connectivity index (χ3n) is 5.06. The van der Waals surface area contributed by atoms with Crippen LogP contribution in [0.2, 0.25) is 10.0 Å². The van der Waals surface area contributed by atoms with E-state index in [-0.39, 0.29) is 24.1 Å². The molecule has 1 fully saturated rings. The predicted molar refractivity (Wildman–Crippen MR) is 117 cm³/mol. The Morgan fingerprint density at radius 1 is 1.14 bits per heavy atom. The van der Waals surface area contributed by atoms with Crippen LogP contribution >= 0.6 is 23.2 Å². The van der Waals surface area contributed by atoms with Crippen molar-refractivity contribution in [3.05, 3.63) is 69.7 Å². The number of hydrogen-bond donors (Lipinski definition) is 1. The van der Waals surface area contributed by atoms with E-state index in [1.165, 1.54) is 10.4 Å². The number of benzene rings is 2. The summed E-state index contributed by atoms with van der Waals surface area (Å²) in [6, 6.07) is 14.7. The Hall–Kier alpha value is -1.60. The Morgan fingerprint density at radius 3 is 2.62 bits per heavy atom. The Morgan fingerprint density at radius 2 is 1.90 bits per heavy atom. The summed E-state index contributed by atoms with van der Waals surface area (Å²) < 4.78 is 27.1. The molecular weight excluding hydrogens is 431 g/mol. The van der Waals surface area contributed by atoms with Crippen LogP contribution in [0.25, 0.3) is 0 Å². The predicted octanol–water partition coefficient (Wildman–Crippen LogP) is 3.89. The van der Waals surface area contributed by atoms with Gasteiger partial charge in [0.1, 0.15) is 0 Å². The molecule has 156 valence electrons. The van der Waals surface area contributed by atoms with Crippen molar-refractivity contribution in [2.45, 2.75) is 25.0 Å². The fourth-order valence-corrected chi connectivity index (χ4v) is 5.65. The molecule has 29 heavy (non-hydrogen) atoms. The Balaban J connectivity index is 1.56. The van der Waals surface area contributed by atoms with Crippen molar-refractivity contribution < 1.29 is 13.2 Å². The van der Waals surface area contributed by atoms with Crippen LogP contribution in [0.15, 0.2) is 48.5 Å². The van der Waals surface area contributed by atoms with Crippen molar-refractivity contribution in [2.24, 2.45) is 5.92 Å². The summed E-state index contributed by atoms with van der Waals surface area (Å²) in [7, 11) is -3.58. The van der Waals surface area contributed by atoms with Gasteiger partial charge in [-0.15, -0.1) is 0 Å². The number of carbonyl (C=O) groups is 1.